The Morgan fingerprint density at radius 2 is 2.18 bits per heavy atom. The van der Waals surface area contributed by atoms with Crippen LogP contribution in [0.15, 0.2) is 42.6 Å². The molecule has 0 bridgehead atoms. The molecule has 0 unspecified atom stereocenters. The molecule has 0 spiro atoms. The normalized spacial score (nSPS) is 11.0. The predicted molar refractivity (Wildman–Crippen MR) is 84.7 cm³/mol. The topological polar surface area (TPSA) is 71.7 Å². The van der Waals surface area contributed by atoms with Crippen LogP contribution in [0.25, 0.3) is 16.9 Å². The van der Waals surface area contributed by atoms with Gasteiger partial charge in [0.25, 0.3) is 0 Å². The van der Waals surface area contributed by atoms with Crippen molar-refractivity contribution in [2.75, 3.05) is 25.6 Å². The first-order valence-electron chi connectivity index (χ1n) is 7.09. The molecular weight excluding hydrogens is 280 g/mol. The standard InChI is InChI=1S/C16H18N4O2/c1-22-8-7-17-15-5-6-16-18-10-14(20(16)19-15)13-4-2-3-12(9-13)11-21/h2-6,9-10,21H,7-8,11H2,1H3,(H,17,19). The van der Waals surface area contributed by atoms with Crippen molar-refractivity contribution < 1.29 is 9.84 Å². The molecule has 0 atom stereocenters. The molecule has 1 aromatic carbocycles. The summed E-state index contributed by atoms with van der Waals surface area (Å²) in [5, 5.41) is 17.0. The number of benzene rings is 1. The Labute approximate surface area is 128 Å². The van der Waals surface area contributed by atoms with Gasteiger partial charge in [-0.1, -0.05) is 18.2 Å². The van der Waals surface area contributed by atoms with Gasteiger partial charge in [-0.15, -0.1) is 5.10 Å². The van der Waals surface area contributed by atoms with Crippen molar-refractivity contribution in [2.45, 2.75) is 6.61 Å². The summed E-state index contributed by atoms with van der Waals surface area (Å²) in [6.45, 7) is 1.33. The summed E-state index contributed by atoms with van der Waals surface area (Å²) in [7, 11) is 1.67. The number of imidazole rings is 1. The molecule has 0 amide bonds. The van der Waals surface area contributed by atoms with Crippen LogP contribution in [0.5, 0.6) is 0 Å². The van der Waals surface area contributed by atoms with Gasteiger partial charge in [0.1, 0.15) is 5.82 Å². The summed E-state index contributed by atoms with van der Waals surface area (Å²) in [5.41, 5.74) is 3.50. The zero-order valence-electron chi connectivity index (χ0n) is 12.4. The fourth-order valence-corrected chi connectivity index (χ4v) is 2.27. The van der Waals surface area contributed by atoms with E-state index in [4.69, 9.17) is 4.74 Å². The van der Waals surface area contributed by atoms with E-state index in [1.807, 2.05) is 36.4 Å². The third kappa shape index (κ3) is 2.93. The fourth-order valence-electron chi connectivity index (χ4n) is 2.27. The van der Waals surface area contributed by atoms with Crippen LogP contribution in [0.2, 0.25) is 0 Å². The summed E-state index contributed by atoms with van der Waals surface area (Å²) >= 11 is 0. The smallest absolute Gasteiger partial charge is 0.154 e. The molecule has 2 heterocycles. The Morgan fingerprint density at radius 3 is 3.00 bits per heavy atom. The summed E-state index contributed by atoms with van der Waals surface area (Å²) in [5.74, 6) is 0.766. The largest absolute Gasteiger partial charge is 0.392 e. The van der Waals surface area contributed by atoms with Crippen molar-refractivity contribution in [3.8, 4) is 11.3 Å². The minimum Gasteiger partial charge on any atom is -0.392 e. The van der Waals surface area contributed by atoms with E-state index < -0.39 is 0 Å². The number of anilines is 1. The average Bonchev–Trinajstić information content (AvgIpc) is 2.98. The van der Waals surface area contributed by atoms with Crippen molar-refractivity contribution in [2.24, 2.45) is 0 Å². The molecule has 0 radical (unpaired) electrons. The molecule has 22 heavy (non-hydrogen) atoms. The van der Waals surface area contributed by atoms with Crippen LogP contribution in [-0.2, 0) is 11.3 Å². The first-order chi connectivity index (χ1) is 10.8. The molecule has 0 aliphatic carbocycles. The van der Waals surface area contributed by atoms with E-state index in [0.717, 1.165) is 28.3 Å². The van der Waals surface area contributed by atoms with E-state index >= 15 is 0 Å². The molecule has 2 aromatic heterocycles. The zero-order chi connectivity index (χ0) is 15.4. The number of aromatic nitrogens is 3. The Hall–Kier alpha value is -2.44. The van der Waals surface area contributed by atoms with Crippen LogP contribution in [0.3, 0.4) is 0 Å². The van der Waals surface area contributed by atoms with Gasteiger partial charge in [0.2, 0.25) is 0 Å². The Kier molecular flexibility index (Phi) is 4.32. The van der Waals surface area contributed by atoms with Crippen LogP contribution in [0, 0.1) is 0 Å². The number of nitrogens with zero attached hydrogens (tertiary/aromatic N) is 3. The van der Waals surface area contributed by atoms with Crippen LogP contribution in [0.4, 0.5) is 5.82 Å². The lowest BCUT2D eigenvalue weighted by Gasteiger charge is -2.07. The van der Waals surface area contributed by atoms with E-state index in [1.54, 1.807) is 17.8 Å². The molecule has 3 aromatic rings. The number of nitrogens with one attached hydrogen (secondary N) is 1. The minimum atomic E-state index is 0.0157. The molecule has 2 N–H and O–H groups in total. The molecule has 0 aliphatic rings. The quantitative estimate of drug-likeness (QED) is 0.681. The van der Waals surface area contributed by atoms with Crippen molar-refractivity contribution in [3.05, 3.63) is 48.2 Å². The molecule has 6 nitrogen and oxygen atoms in total. The number of aliphatic hydroxyl groups excluding tert-OH is 1. The molecule has 0 saturated heterocycles. The molecule has 114 valence electrons. The second-order valence-electron chi connectivity index (χ2n) is 4.91. The van der Waals surface area contributed by atoms with Crippen LogP contribution in [-0.4, -0.2) is 40.0 Å². The van der Waals surface area contributed by atoms with Gasteiger partial charge in [-0.05, 0) is 23.8 Å². The number of fused-ring (bicyclic) bond motifs is 1. The molecular formula is C16H18N4O2. The number of methoxy groups -OCH3 is 1. The van der Waals surface area contributed by atoms with E-state index in [-0.39, 0.29) is 6.61 Å². The zero-order valence-corrected chi connectivity index (χ0v) is 12.4. The maximum absolute atomic E-state index is 9.28. The monoisotopic (exact) mass is 298 g/mol. The Bertz CT molecular complexity index is 770. The third-order valence-electron chi connectivity index (χ3n) is 3.38. The lowest BCUT2D eigenvalue weighted by Crippen LogP contribution is -2.10. The second-order valence-corrected chi connectivity index (χ2v) is 4.91. The van der Waals surface area contributed by atoms with Gasteiger partial charge in [-0.25, -0.2) is 9.50 Å². The van der Waals surface area contributed by atoms with Crippen molar-refractivity contribution >= 4 is 11.5 Å². The van der Waals surface area contributed by atoms with Crippen LogP contribution < -0.4 is 5.32 Å². The van der Waals surface area contributed by atoms with Gasteiger partial charge in [0.15, 0.2) is 5.65 Å². The summed E-state index contributed by atoms with van der Waals surface area (Å²) in [4.78, 5) is 4.37. The minimum absolute atomic E-state index is 0.0157. The molecule has 0 fully saturated rings. The SMILES string of the molecule is COCCNc1ccc2ncc(-c3cccc(CO)c3)n2n1. The highest BCUT2D eigenvalue weighted by molar-refractivity contribution is 5.64. The van der Waals surface area contributed by atoms with Crippen LogP contribution >= 0.6 is 0 Å². The molecule has 6 heteroatoms. The number of aliphatic hydroxyl groups is 1. The predicted octanol–water partition coefficient (Wildman–Crippen LogP) is 1.95. The molecule has 0 aliphatic heterocycles. The summed E-state index contributed by atoms with van der Waals surface area (Å²) in [6, 6.07) is 11.5. The molecule has 0 saturated carbocycles. The number of rotatable bonds is 6. The number of hydrogen-bond acceptors (Lipinski definition) is 5. The van der Waals surface area contributed by atoms with Crippen LogP contribution in [0.1, 0.15) is 5.56 Å². The maximum atomic E-state index is 9.28. The first-order valence-corrected chi connectivity index (χ1v) is 7.09. The summed E-state index contributed by atoms with van der Waals surface area (Å²) < 4.78 is 6.82. The van der Waals surface area contributed by atoms with E-state index in [2.05, 4.69) is 15.4 Å². The van der Waals surface area contributed by atoms with Crippen molar-refractivity contribution in [1.29, 1.82) is 0 Å². The van der Waals surface area contributed by atoms with E-state index in [1.165, 1.54) is 0 Å². The second kappa shape index (κ2) is 6.55. The van der Waals surface area contributed by atoms with Gasteiger partial charge in [-0.2, -0.15) is 0 Å². The average molecular weight is 298 g/mol. The van der Waals surface area contributed by atoms with E-state index in [0.29, 0.717) is 13.2 Å². The lowest BCUT2D eigenvalue weighted by molar-refractivity contribution is 0.210. The third-order valence-corrected chi connectivity index (χ3v) is 3.38. The molecule has 3 rings (SSSR count). The lowest BCUT2D eigenvalue weighted by atomic mass is 10.1. The number of hydrogen-bond donors (Lipinski definition) is 2. The highest BCUT2D eigenvalue weighted by atomic mass is 16.5. The van der Waals surface area contributed by atoms with Gasteiger partial charge >= 0.3 is 0 Å². The highest BCUT2D eigenvalue weighted by Crippen LogP contribution is 2.22. The van der Waals surface area contributed by atoms with Gasteiger partial charge in [0.05, 0.1) is 25.1 Å². The van der Waals surface area contributed by atoms with E-state index in [9.17, 15) is 5.11 Å². The number of ether oxygens (including phenoxy) is 1. The Balaban J connectivity index is 1.97. The Morgan fingerprint density at radius 1 is 1.27 bits per heavy atom. The maximum Gasteiger partial charge on any atom is 0.154 e. The van der Waals surface area contributed by atoms with Crippen molar-refractivity contribution in [3.63, 3.8) is 0 Å². The fraction of sp³-hybridized carbons (Fsp3) is 0.250. The van der Waals surface area contributed by atoms with Crippen molar-refractivity contribution in [1.82, 2.24) is 14.6 Å². The van der Waals surface area contributed by atoms with Gasteiger partial charge in [0, 0.05) is 19.2 Å². The summed E-state index contributed by atoms with van der Waals surface area (Å²) in [6.07, 6.45) is 1.79. The highest BCUT2D eigenvalue weighted by Gasteiger charge is 2.08. The first kappa shape index (κ1) is 14.5. The van der Waals surface area contributed by atoms with Gasteiger partial charge in [-0.3, -0.25) is 0 Å². The van der Waals surface area contributed by atoms with Gasteiger partial charge < -0.3 is 15.2 Å².